The van der Waals surface area contributed by atoms with E-state index in [4.69, 9.17) is 10.00 Å². The number of esters is 1. The van der Waals surface area contributed by atoms with E-state index in [1.165, 1.54) is 12.1 Å². The van der Waals surface area contributed by atoms with Crippen molar-refractivity contribution in [1.29, 1.82) is 5.26 Å². The average Bonchev–Trinajstić information content (AvgIpc) is 2.65. The molecule has 2 aromatic carbocycles. The van der Waals surface area contributed by atoms with Crippen LogP contribution in [0.4, 0.5) is 10.1 Å². The van der Waals surface area contributed by atoms with Crippen LogP contribution < -0.4 is 10.6 Å². The molecule has 1 atom stereocenters. The predicted octanol–water partition coefficient (Wildman–Crippen LogP) is 2.01. The Morgan fingerprint density at radius 1 is 1.23 bits per heavy atom. The summed E-state index contributed by atoms with van der Waals surface area (Å²) < 4.78 is 18.7. The molecular weight excluding hydrogens is 337 g/mol. The highest BCUT2D eigenvalue weighted by atomic mass is 19.1. The Bertz CT molecular complexity index is 892. The molecule has 7 heteroatoms. The lowest BCUT2D eigenvalue weighted by Crippen LogP contribution is -2.43. The molecular formula is C19H16FN3O3. The van der Waals surface area contributed by atoms with Crippen LogP contribution in [0.1, 0.15) is 21.5 Å². The largest absolute Gasteiger partial charge is 0.448 e. The van der Waals surface area contributed by atoms with Gasteiger partial charge in [0.2, 0.25) is 0 Å². The number of amides is 1. The number of benzene rings is 2. The molecule has 0 unspecified atom stereocenters. The number of nitrogens with zero attached hydrogens (tertiary/aromatic N) is 1. The number of fused-ring (bicyclic) bond motifs is 1. The van der Waals surface area contributed by atoms with Crippen molar-refractivity contribution in [2.75, 3.05) is 18.4 Å². The summed E-state index contributed by atoms with van der Waals surface area (Å²) in [6.07, 6.45) is -0.551. The monoisotopic (exact) mass is 353 g/mol. The number of carbonyl (C=O) groups excluding carboxylic acids is 2. The first-order valence-electron chi connectivity index (χ1n) is 8.09. The minimum atomic E-state index is -0.874. The highest BCUT2D eigenvalue weighted by Gasteiger charge is 2.30. The standard InChI is InChI=1S/C19H16FN3O3/c20-15-6-3-7-16(14(15)11-21)22-8-9-23-18(24)17-10-12-4-1-2-5-13(12)19(25)26-17/h1-7,17,22H,8-10H2,(H,23,24)/t17-/m1/s1. The summed E-state index contributed by atoms with van der Waals surface area (Å²) in [5, 5.41) is 14.5. The van der Waals surface area contributed by atoms with Crippen molar-refractivity contribution in [3.05, 3.63) is 65.0 Å². The normalized spacial score (nSPS) is 15.4. The van der Waals surface area contributed by atoms with Gasteiger partial charge in [-0.25, -0.2) is 9.18 Å². The fraction of sp³-hybridized carbons (Fsp3) is 0.211. The number of hydrogen-bond donors (Lipinski definition) is 2. The second-order valence-corrected chi connectivity index (χ2v) is 5.75. The molecule has 1 aliphatic rings. The number of rotatable bonds is 5. The van der Waals surface area contributed by atoms with E-state index >= 15 is 0 Å². The first kappa shape index (κ1) is 17.4. The van der Waals surface area contributed by atoms with Crippen LogP contribution in [0.5, 0.6) is 0 Å². The molecule has 2 aromatic rings. The van der Waals surface area contributed by atoms with Crippen LogP contribution in [0.3, 0.4) is 0 Å². The summed E-state index contributed by atoms with van der Waals surface area (Å²) in [4.78, 5) is 24.2. The maximum atomic E-state index is 13.5. The van der Waals surface area contributed by atoms with E-state index in [0.717, 1.165) is 5.56 Å². The smallest absolute Gasteiger partial charge is 0.339 e. The average molecular weight is 353 g/mol. The van der Waals surface area contributed by atoms with Crippen LogP contribution in [0.15, 0.2) is 42.5 Å². The lowest BCUT2D eigenvalue weighted by Gasteiger charge is -2.23. The molecule has 0 spiro atoms. The summed E-state index contributed by atoms with van der Waals surface area (Å²) in [5.74, 6) is -1.51. The van der Waals surface area contributed by atoms with Crippen molar-refractivity contribution in [2.24, 2.45) is 0 Å². The van der Waals surface area contributed by atoms with Crippen molar-refractivity contribution >= 4 is 17.6 Å². The molecule has 0 aliphatic carbocycles. The maximum absolute atomic E-state index is 13.5. The minimum Gasteiger partial charge on any atom is -0.448 e. The predicted molar refractivity (Wildman–Crippen MR) is 92.0 cm³/mol. The van der Waals surface area contributed by atoms with Gasteiger partial charge in [0.15, 0.2) is 6.10 Å². The highest BCUT2D eigenvalue weighted by Crippen LogP contribution is 2.20. The van der Waals surface area contributed by atoms with Gasteiger partial charge in [-0.3, -0.25) is 4.79 Å². The second-order valence-electron chi connectivity index (χ2n) is 5.75. The Kier molecular flexibility index (Phi) is 5.13. The fourth-order valence-corrected chi connectivity index (χ4v) is 2.76. The van der Waals surface area contributed by atoms with Crippen molar-refractivity contribution in [3.8, 4) is 6.07 Å². The van der Waals surface area contributed by atoms with Gasteiger partial charge in [0.25, 0.3) is 5.91 Å². The third-order valence-electron chi connectivity index (χ3n) is 4.05. The van der Waals surface area contributed by atoms with Gasteiger partial charge >= 0.3 is 5.97 Å². The van der Waals surface area contributed by atoms with E-state index in [9.17, 15) is 14.0 Å². The molecule has 132 valence electrons. The number of anilines is 1. The molecule has 26 heavy (non-hydrogen) atoms. The van der Waals surface area contributed by atoms with Crippen LogP contribution in [0.2, 0.25) is 0 Å². The zero-order valence-electron chi connectivity index (χ0n) is 13.8. The van der Waals surface area contributed by atoms with E-state index in [1.807, 2.05) is 6.07 Å². The van der Waals surface area contributed by atoms with Crippen LogP contribution >= 0.6 is 0 Å². The third kappa shape index (κ3) is 3.64. The van der Waals surface area contributed by atoms with Crippen molar-refractivity contribution in [2.45, 2.75) is 12.5 Å². The summed E-state index contributed by atoms with van der Waals surface area (Å²) in [6.45, 7) is 0.525. The highest BCUT2D eigenvalue weighted by molar-refractivity contribution is 5.95. The molecule has 2 N–H and O–H groups in total. The summed E-state index contributed by atoms with van der Waals surface area (Å²) in [5.41, 5.74) is 1.55. The molecule has 1 aliphatic heterocycles. The molecule has 0 aromatic heterocycles. The molecule has 1 heterocycles. The SMILES string of the molecule is N#Cc1c(F)cccc1NCCNC(=O)[C@H]1Cc2ccccc2C(=O)O1. The summed E-state index contributed by atoms with van der Waals surface area (Å²) in [6, 6.07) is 13.1. The lowest BCUT2D eigenvalue weighted by molar-refractivity contribution is -0.130. The summed E-state index contributed by atoms with van der Waals surface area (Å²) >= 11 is 0. The molecule has 0 saturated carbocycles. The third-order valence-corrected chi connectivity index (χ3v) is 4.05. The van der Waals surface area contributed by atoms with Crippen LogP contribution in [0.25, 0.3) is 0 Å². The number of carbonyl (C=O) groups is 2. The van der Waals surface area contributed by atoms with E-state index in [1.54, 1.807) is 30.3 Å². The Morgan fingerprint density at radius 2 is 2.04 bits per heavy atom. The van der Waals surface area contributed by atoms with E-state index < -0.39 is 23.8 Å². The Labute approximate surface area is 149 Å². The van der Waals surface area contributed by atoms with Gasteiger partial charge in [0.05, 0.1) is 11.3 Å². The number of nitrogens with one attached hydrogen (secondary N) is 2. The molecule has 0 bridgehead atoms. The number of ether oxygens (including phenoxy) is 1. The first-order chi connectivity index (χ1) is 12.6. The minimum absolute atomic E-state index is 0.0726. The van der Waals surface area contributed by atoms with Crippen LogP contribution in [0, 0.1) is 17.1 Å². The molecule has 0 saturated heterocycles. The quantitative estimate of drug-likeness (QED) is 0.634. The van der Waals surface area contributed by atoms with E-state index in [-0.39, 0.29) is 12.1 Å². The zero-order valence-corrected chi connectivity index (χ0v) is 13.8. The van der Waals surface area contributed by atoms with Crippen molar-refractivity contribution < 1.29 is 18.7 Å². The van der Waals surface area contributed by atoms with Crippen molar-refractivity contribution in [3.63, 3.8) is 0 Å². The van der Waals surface area contributed by atoms with Gasteiger partial charge in [-0.1, -0.05) is 24.3 Å². The van der Waals surface area contributed by atoms with Gasteiger partial charge < -0.3 is 15.4 Å². The van der Waals surface area contributed by atoms with Crippen LogP contribution in [-0.4, -0.2) is 31.1 Å². The first-order valence-corrected chi connectivity index (χ1v) is 8.09. The number of hydrogen-bond acceptors (Lipinski definition) is 5. The molecule has 1 amide bonds. The maximum Gasteiger partial charge on any atom is 0.339 e. The number of halogens is 1. The van der Waals surface area contributed by atoms with E-state index in [2.05, 4.69) is 10.6 Å². The van der Waals surface area contributed by atoms with Gasteiger partial charge in [-0.2, -0.15) is 5.26 Å². The Hall–Kier alpha value is -3.40. The zero-order chi connectivity index (χ0) is 18.5. The molecule has 0 fully saturated rings. The van der Waals surface area contributed by atoms with Gasteiger partial charge in [-0.05, 0) is 23.8 Å². The number of cyclic esters (lactones) is 1. The number of nitriles is 1. The lowest BCUT2D eigenvalue weighted by atomic mass is 9.98. The van der Waals surface area contributed by atoms with Gasteiger partial charge in [0.1, 0.15) is 17.4 Å². The molecule has 6 nitrogen and oxygen atoms in total. The van der Waals surface area contributed by atoms with E-state index in [0.29, 0.717) is 24.2 Å². The molecule has 3 rings (SSSR count). The summed E-state index contributed by atoms with van der Waals surface area (Å²) in [7, 11) is 0. The topological polar surface area (TPSA) is 91.2 Å². The second kappa shape index (κ2) is 7.66. The Balaban J connectivity index is 1.52. The fourth-order valence-electron chi connectivity index (χ4n) is 2.76. The Morgan fingerprint density at radius 3 is 2.85 bits per heavy atom. The van der Waals surface area contributed by atoms with Gasteiger partial charge in [-0.15, -0.1) is 0 Å². The van der Waals surface area contributed by atoms with Crippen molar-refractivity contribution in [1.82, 2.24) is 5.32 Å². The van der Waals surface area contributed by atoms with Gasteiger partial charge in [0, 0.05) is 19.5 Å². The molecule has 0 radical (unpaired) electrons. The van der Waals surface area contributed by atoms with Crippen LogP contribution in [-0.2, 0) is 16.0 Å².